The molecule has 0 saturated carbocycles. The Hall–Kier alpha value is -1.98. The van der Waals surface area contributed by atoms with E-state index >= 15 is 0 Å². The second-order valence-electron chi connectivity index (χ2n) is 5.63. The molecule has 0 fully saturated rings. The van der Waals surface area contributed by atoms with Crippen LogP contribution >= 0.6 is 0 Å². The lowest BCUT2D eigenvalue weighted by atomic mass is 10.0. The molecule has 2 aromatic rings. The number of carbonyl (C=O) groups excluding carboxylic acids is 1. The lowest BCUT2D eigenvalue weighted by Gasteiger charge is -2.26. The van der Waals surface area contributed by atoms with Gasteiger partial charge in [0, 0.05) is 24.8 Å². The van der Waals surface area contributed by atoms with Crippen molar-refractivity contribution >= 4 is 5.78 Å². The van der Waals surface area contributed by atoms with E-state index in [0.29, 0.717) is 13.1 Å². The summed E-state index contributed by atoms with van der Waals surface area (Å²) < 4.78 is 1.81. The third kappa shape index (κ3) is 4.00. The fourth-order valence-electron chi connectivity index (χ4n) is 2.17. The minimum Gasteiger partial charge on any atom is -0.381 e. The van der Waals surface area contributed by atoms with Crippen LogP contribution in [0, 0.1) is 0 Å². The Labute approximate surface area is 124 Å². The highest BCUT2D eigenvalue weighted by Gasteiger charge is 2.27. The zero-order chi connectivity index (χ0) is 15.5. The van der Waals surface area contributed by atoms with Crippen LogP contribution in [0.4, 0.5) is 0 Å². The molecule has 21 heavy (non-hydrogen) atoms. The molecule has 0 unspecified atom stereocenters. The van der Waals surface area contributed by atoms with Gasteiger partial charge in [-0.1, -0.05) is 18.2 Å². The van der Waals surface area contributed by atoms with Gasteiger partial charge in [0.15, 0.2) is 5.78 Å². The molecule has 5 nitrogen and oxygen atoms in total. The fraction of sp³-hybridized carbons (Fsp3) is 0.375. The fourth-order valence-corrected chi connectivity index (χ4v) is 2.17. The lowest BCUT2D eigenvalue weighted by molar-refractivity contribution is -0.135. The molecule has 5 heteroatoms. The molecule has 2 rings (SSSR count). The van der Waals surface area contributed by atoms with Gasteiger partial charge < -0.3 is 5.11 Å². The lowest BCUT2D eigenvalue weighted by Crippen LogP contribution is -2.44. The number of aliphatic hydroxyl groups is 1. The largest absolute Gasteiger partial charge is 0.381 e. The van der Waals surface area contributed by atoms with E-state index in [1.54, 1.807) is 13.1 Å². The summed E-state index contributed by atoms with van der Waals surface area (Å²) in [4.78, 5) is 13.3. The standard InChI is InChI=1S/C16H21N3O2/c1-13(20)16(2,21)12-18(3)10-14-9-17-19(11-14)15-7-5-4-6-8-15/h4-9,11,21H,10,12H2,1-3H3/t16-/m0/s1. The average molecular weight is 287 g/mol. The number of hydrogen-bond acceptors (Lipinski definition) is 4. The number of ketones is 1. The van der Waals surface area contributed by atoms with Gasteiger partial charge in [-0.05, 0) is 33.0 Å². The van der Waals surface area contributed by atoms with Gasteiger partial charge in [-0.2, -0.15) is 5.10 Å². The highest BCUT2D eigenvalue weighted by atomic mass is 16.3. The minimum atomic E-state index is -1.32. The van der Waals surface area contributed by atoms with E-state index in [2.05, 4.69) is 5.10 Å². The summed E-state index contributed by atoms with van der Waals surface area (Å²) in [6, 6.07) is 9.87. The van der Waals surface area contributed by atoms with Gasteiger partial charge >= 0.3 is 0 Å². The molecule has 0 aliphatic carbocycles. The number of likely N-dealkylation sites (N-methyl/N-ethyl adjacent to an activating group) is 1. The summed E-state index contributed by atoms with van der Waals surface area (Å²) in [5.74, 6) is -0.227. The van der Waals surface area contributed by atoms with Crippen molar-refractivity contribution in [2.75, 3.05) is 13.6 Å². The van der Waals surface area contributed by atoms with Gasteiger partial charge in [-0.3, -0.25) is 9.69 Å². The number of carbonyl (C=O) groups is 1. The summed E-state index contributed by atoms with van der Waals surface area (Å²) >= 11 is 0. The van der Waals surface area contributed by atoms with Crippen LogP contribution < -0.4 is 0 Å². The van der Waals surface area contributed by atoms with E-state index in [-0.39, 0.29) is 5.78 Å². The Morgan fingerprint density at radius 1 is 1.38 bits per heavy atom. The summed E-state index contributed by atoms with van der Waals surface area (Å²) in [5, 5.41) is 14.3. The van der Waals surface area contributed by atoms with Crippen LogP contribution in [0.1, 0.15) is 19.4 Å². The highest BCUT2D eigenvalue weighted by Crippen LogP contribution is 2.12. The third-order valence-electron chi connectivity index (χ3n) is 3.45. The second kappa shape index (κ2) is 6.20. The first-order valence-electron chi connectivity index (χ1n) is 6.89. The Bertz CT molecular complexity index is 605. The van der Waals surface area contributed by atoms with E-state index in [1.807, 2.05) is 53.2 Å². The van der Waals surface area contributed by atoms with E-state index < -0.39 is 5.60 Å². The molecule has 112 valence electrons. The first-order chi connectivity index (χ1) is 9.88. The molecule has 0 aliphatic heterocycles. The molecule has 0 amide bonds. The maximum Gasteiger partial charge on any atom is 0.162 e. The quantitative estimate of drug-likeness (QED) is 0.877. The van der Waals surface area contributed by atoms with E-state index in [4.69, 9.17) is 0 Å². The van der Waals surface area contributed by atoms with E-state index in [9.17, 15) is 9.90 Å². The normalized spacial score (nSPS) is 14.1. The second-order valence-corrected chi connectivity index (χ2v) is 5.63. The number of nitrogens with zero attached hydrogens (tertiary/aromatic N) is 3. The van der Waals surface area contributed by atoms with Crippen molar-refractivity contribution in [3.8, 4) is 5.69 Å². The molecule has 1 aromatic heterocycles. The van der Waals surface area contributed by atoms with Gasteiger partial charge in [0.1, 0.15) is 5.60 Å². The zero-order valence-electron chi connectivity index (χ0n) is 12.7. The Kier molecular flexibility index (Phi) is 4.55. The molecular weight excluding hydrogens is 266 g/mol. The van der Waals surface area contributed by atoms with Gasteiger partial charge in [0.05, 0.1) is 11.9 Å². The van der Waals surface area contributed by atoms with E-state index in [1.165, 1.54) is 6.92 Å². The molecule has 1 heterocycles. The predicted molar refractivity (Wildman–Crippen MR) is 81.2 cm³/mol. The number of para-hydroxylation sites is 1. The minimum absolute atomic E-state index is 0.227. The molecule has 0 radical (unpaired) electrons. The van der Waals surface area contributed by atoms with Crippen molar-refractivity contribution in [3.05, 3.63) is 48.3 Å². The first kappa shape index (κ1) is 15.4. The van der Waals surface area contributed by atoms with Gasteiger partial charge in [-0.25, -0.2) is 4.68 Å². The average Bonchev–Trinajstić information content (AvgIpc) is 2.87. The summed E-state index contributed by atoms with van der Waals surface area (Å²) in [6.45, 7) is 3.86. The number of hydrogen-bond donors (Lipinski definition) is 1. The zero-order valence-corrected chi connectivity index (χ0v) is 12.7. The summed E-state index contributed by atoms with van der Waals surface area (Å²) in [7, 11) is 1.87. The topological polar surface area (TPSA) is 58.4 Å². The molecule has 0 bridgehead atoms. The number of benzene rings is 1. The van der Waals surface area contributed by atoms with Gasteiger partial charge in [0.25, 0.3) is 0 Å². The molecule has 0 aliphatic rings. The first-order valence-corrected chi connectivity index (χ1v) is 6.89. The maximum atomic E-state index is 11.3. The van der Waals surface area contributed by atoms with Crippen molar-refractivity contribution in [1.29, 1.82) is 0 Å². The smallest absolute Gasteiger partial charge is 0.162 e. The Morgan fingerprint density at radius 2 is 2.05 bits per heavy atom. The SMILES string of the molecule is CC(=O)[C@@](C)(O)CN(C)Cc1cnn(-c2ccccc2)c1. The van der Waals surface area contributed by atoms with Gasteiger partial charge in [0.2, 0.25) is 0 Å². The van der Waals surface area contributed by atoms with E-state index in [0.717, 1.165) is 11.3 Å². The third-order valence-corrected chi connectivity index (χ3v) is 3.45. The number of aromatic nitrogens is 2. The van der Waals surface area contributed by atoms with Crippen molar-refractivity contribution < 1.29 is 9.90 Å². The van der Waals surface area contributed by atoms with Gasteiger partial charge in [-0.15, -0.1) is 0 Å². The summed E-state index contributed by atoms with van der Waals surface area (Å²) in [6.07, 6.45) is 3.75. The predicted octanol–water partition coefficient (Wildman–Crippen LogP) is 1.64. The van der Waals surface area contributed by atoms with Crippen LogP contribution in [-0.2, 0) is 11.3 Å². The van der Waals surface area contributed by atoms with Crippen molar-refractivity contribution in [2.24, 2.45) is 0 Å². The maximum absolute atomic E-state index is 11.3. The van der Waals surface area contributed by atoms with Crippen molar-refractivity contribution in [2.45, 2.75) is 26.0 Å². The molecule has 1 aromatic carbocycles. The Balaban J connectivity index is 2.01. The number of rotatable bonds is 6. The van der Waals surface area contributed by atoms with Crippen molar-refractivity contribution in [3.63, 3.8) is 0 Å². The molecule has 0 saturated heterocycles. The molecular formula is C16H21N3O2. The summed E-state index contributed by atoms with van der Waals surface area (Å²) in [5.41, 5.74) is 0.715. The highest BCUT2D eigenvalue weighted by molar-refractivity contribution is 5.84. The molecule has 1 N–H and O–H groups in total. The van der Waals surface area contributed by atoms with Crippen LogP contribution in [0.25, 0.3) is 5.69 Å². The van der Waals surface area contributed by atoms with Crippen LogP contribution in [0.5, 0.6) is 0 Å². The van der Waals surface area contributed by atoms with Crippen LogP contribution in [0.15, 0.2) is 42.7 Å². The molecule has 1 atom stereocenters. The van der Waals surface area contributed by atoms with Crippen LogP contribution in [-0.4, -0.2) is 44.8 Å². The van der Waals surface area contributed by atoms with Crippen molar-refractivity contribution in [1.82, 2.24) is 14.7 Å². The monoisotopic (exact) mass is 287 g/mol. The van der Waals surface area contributed by atoms with Crippen LogP contribution in [0.2, 0.25) is 0 Å². The number of Topliss-reactive ketones (excluding diaryl/α,β-unsaturated/α-hetero) is 1. The molecule has 0 spiro atoms. The van der Waals surface area contributed by atoms with Crippen LogP contribution in [0.3, 0.4) is 0 Å². The Morgan fingerprint density at radius 3 is 2.67 bits per heavy atom.